The first-order valence-corrected chi connectivity index (χ1v) is 5.24. The maximum atomic E-state index is 11.8. The summed E-state index contributed by atoms with van der Waals surface area (Å²) in [5.74, 6) is 0.713. The van der Waals surface area contributed by atoms with E-state index in [9.17, 15) is 4.79 Å². The Morgan fingerprint density at radius 3 is 3.13 bits per heavy atom. The molecule has 1 fully saturated rings. The van der Waals surface area contributed by atoms with Crippen LogP contribution in [0.2, 0.25) is 0 Å². The van der Waals surface area contributed by atoms with Crippen LogP contribution in [0.25, 0.3) is 0 Å². The summed E-state index contributed by atoms with van der Waals surface area (Å²) in [6.07, 6.45) is 3.78. The van der Waals surface area contributed by atoms with E-state index in [0.29, 0.717) is 5.92 Å². The molecule has 1 aliphatic rings. The second-order valence-electron chi connectivity index (χ2n) is 4.09. The molecule has 0 saturated carbocycles. The zero-order valence-electron chi connectivity index (χ0n) is 8.83. The summed E-state index contributed by atoms with van der Waals surface area (Å²) in [4.78, 5) is 13.7. The lowest BCUT2D eigenvalue weighted by molar-refractivity contribution is -0.133. The van der Waals surface area contributed by atoms with Crippen molar-refractivity contribution in [3.05, 3.63) is 6.33 Å². The number of hydrogen-bond donors (Lipinski definition) is 0. The first-order valence-electron chi connectivity index (χ1n) is 5.24. The van der Waals surface area contributed by atoms with Crippen molar-refractivity contribution in [2.75, 3.05) is 13.1 Å². The van der Waals surface area contributed by atoms with Crippen LogP contribution in [0.4, 0.5) is 0 Å². The number of tetrazole rings is 1. The molecule has 0 aliphatic carbocycles. The molecule has 0 radical (unpaired) electrons. The lowest BCUT2D eigenvalue weighted by Gasteiger charge is -2.30. The van der Waals surface area contributed by atoms with Crippen LogP contribution in [0.15, 0.2) is 6.33 Å². The van der Waals surface area contributed by atoms with Crippen LogP contribution >= 0.6 is 0 Å². The van der Waals surface area contributed by atoms with Crippen LogP contribution < -0.4 is 0 Å². The highest BCUT2D eigenvalue weighted by Gasteiger charge is 2.20. The number of piperidine rings is 1. The van der Waals surface area contributed by atoms with E-state index in [1.54, 1.807) is 0 Å². The molecule has 15 heavy (non-hydrogen) atoms. The van der Waals surface area contributed by atoms with Crippen molar-refractivity contribution in [1.29, 1.82) is 0 Å². The third kappa shape index (κ3) is 2.51. The summed E-state index contributed by atoms with van der Waals surface area (Å²) in [5.41, 5.74) is 0. The van der Waals surface area contributed by atoms with Gasteiger partial charge >= 0.3 is 0 Å². The standard InChI is InChI=1S/C9H15N5O/c1-8-3-2-4-13(5-8)9(15)6-14-7-10-11-12-14/h7-8H,2-6H2,1H3/t8-/m0/s1. The Morgan fingerprint density at radius 1 is 1.60 bits per heavy atom. The van der Waals surface area contributed by atoms with Crippen molar-refractivity contribution in [1.82, 2.24) is 25.1 Å². The predicted octanol–water partition coefficient (Wildman–Crippen LogP) is -0.0684. The van der Waals surface area contributed by atoms with Gasteiger partial charge in [0.25, 0.3) is 0 Å². The molecule has 0 unspecified atom stereocenters. The molecule has 82 valence electrons. The van der Waals surface area contributed by atoms with E-state index in [1.165, 1.54) is 17.4 Å². The molecule has 1 atom stereocenters. The van der Waals surface area contributed by atoms with Crippen LogP contribution in [0.3, 0.4) is 0 Å². The Labute approximate surface area is 88.2 Å². The van der Waals surface area contributed by atoms with Gasteiger partial charge in [0, 0.05) is 13.1 Å². The monoisotopic (exact) mass is 209 g/mol. The van der Waals surface area contributed by atoms with Crippen molar-refractivity contribution in [3.8, 4) is 0 Å². The lowest BCUT2D eigenvalue weighted by Crippen LogP contribution is -2.40. The van der Waals surface area contributed by atoms with Gasteiger partial charge in [0.05, 0.1) is 0 Å². The minimum absolute atomic E-state index is 0.105. The Morgan fingerprint density at radius 2 is 2.47 bits per heavy atom. The smallest absolute Gasteiger partial charge is 0.244 e. The van der Waals surface area contributed by atoms with Crippen molar-refractivity contribution in [2.24, 2.45) is 5.92 Å². The molecule has 0 aromatic carbocycles. The largest absolute Gasteiger partial charge is 0.341 e. The lowest BCUT2D eigenvalue weighted by atomic mass is 10.0. The van der Waals surface area contributed by atoms with Crippen molar-refractivity contribution in [3.63, 3.8) is 0 Å². The molecule has 0 N–H and O–H groups in total. The van der Waals surface area contributed by atoms with E-state index in [1.807, 2.05) is 4.90 Å². The van der Waals surface area contributed by atoms with E-state index >= 15 is 0 Å². The second kappa shape index (κ2) is 4.37. The number of carbonyl (C=O) groups is 1. The Hall–Kier alpha value is -1.46. The second-order valence-corrected chi connectivity index (χ2v) is 4.09. The van der Waals surface area contributed by atoms with Gasteiger partial charge in [0.1, 0.15) is 12.9 Å². The van der Waals surface area contributed by atoms with Crippen LogP contribution in [-0.4, -0.2) is 44.1 Å². The number of amides is 1. The highest BCUT2D eigenvalue weighted by molar-refractivity contribution is 5.75. The van der Waals surface area contributed by atoms with Gasteiger partial charge in [0.15, 0.2) is 0 Å². The molecule has 1 aromatic heterocycles. The van der Waals surface area contributed by atoms with E-state index < -0.39 is 0 Å². The number of rotatable bonds is 2. The van der Waals surface area contributed by atoms with Crippen molar-refractivity contribution >= 4 is 5.91 Å². The fourth-order valence-electron chi connectivity index (χ4n) is 1.91. The van der Waals surface area contributed by atoms with E-state index in [4.69, 9.17) is 0 Å². The van der Waals surface area contributed by atoms with E-state index in [-0.39, 0.29) is 12.5 Å². The van der Waals surface area contributed by atoms with Gasteiger partial charge in [-0.25, -0.2) is 4.68 Å². The number of likely N-dealkylation sites (tertiary alicyclic amines) is 1. The summed E-state index contributed by atoms with van der Waals surface area (Å²) in [7, 11) is 0. The fourth-order valence-corrected chi connectivity index (χ4v) is 1.91. The van der Waals surface area contributed by atoms with Crippen molar-refractivity contribution < 1.29 is 4.79 Å². The highest BCUT2D eigenvalue weighted by atomic mass is 16.2. The molecule has 1 aromatic rings. The number of nitrogens with zero attached hydrogens (tertiary/aromatic N) is 5. The highest BCUT2D eigenvalue weighted by Crippen LogP contribution is 2.15. The predicted molar refractivity (Wildman–Crippen MR) is 52.8 cm³/mol. The molecule has 6 nitrogen and oxygen atoms in total. The average molecular weight is 209 g/mol. The van der Waals surface area contributed by atoms with Crippen molar-refractivity contribution in [2.45, 2.75) is 26.3 Å². The maximum absolute atomic E-state index is 11.8. The normalized spacial score (nSPS) is 21.7. The SMILES string of the molecule is C[C@H]1CCCN(C(=O)Cn2cnnn2)C1. The molecule has 2 rings (SSSR count). The zero-order chi connectivity index (χ0) is 10.7. The Bertz CT molecular complexity index is 323. The maximum Gasteiger partial charge on any atom is 0.244 e. The van der Waals surface area contributed by atoms with E-state index in [2.05, 4.69) is 22.4 Å². The molecule has 0 spiro atoms. The quantitative estimate of drug-likeness (QED) is 0.684. The van der Waals surface area contributed by atoms with Gasteiger partial charge < -0.3 is 4.90 Å². The summed E-state index contributed by atoms with van der Waals surface area (Å²) in [6.45, 7) is 4.16. The van der Waals surface area contributed by atoms with E-state index in [0.717, 1.165) is 19.5 Å². The van der Waals surface area contributed by atoms with Crippen LogP contribution in [-0.2, 0) is 11.3 Å². The Kier molecular flexibility index (Phi) is 2.94. The summed E-state index contributed by atoms with van der Waals surface area (Å²) in [6, 6.07) is 0. The van der Waals surface area contributed by atoms with Gasteiger partial charge in [-0.2, -0.15) is 0 Å². The summed E-state index contributed by atoms with van der Waals surface area (Å²) >= 11 is 0. The van der Waals surface area contributed by atoms with Gasteiger partial charge in [-0.3, -0.25) is 4.79 Å². The molecule has 1 aliphatic heterocycles. The van der Waals surface area contributed by atoms with Gasteiger partial charge in [0.2, 0.25) is 5.91 Å². The first kappa shape index (κ1) is 10.1. The number of carbonyl (C=O) groups excluding carboxylic acids is 1. The molecule has 6 heteroatoms. The molecule has 0 bridgehead atoms. The molecule has 1 amide bonds. The van der Waals surface area contributed by atoms with Gasteiger partial charge in [-0.1, -0.05) is 6.92 Å². The van der Waals surface area contributed by atoms with Crippen LogP contribution in [0.1, 0.15) is 19.8 Å². The third-order valence-electron chi connectivity index (χ3n) is 2.70. The zero-order valence-corrected chi connectivity index (χ0v) is 8.83. The topological polar surface area (TPSA) is 63.9 Å². The summed E-state index contributed by atoms with van der Waals surface area (Å²) < 4.78 is 1.46. The number of aromatic nitrogens is 4. The average Bonchev–Trinajstić information content (AvgIpc) is 2.70. The fraction of sp³-hybridized carbons (Fsp3) is 0.778. The first-order chi connectivity index (χ1) is 7.25. The third-order valence-corrected chi connectivity index (χ3v) is 2.70. The molecular weight excluding hydrogens is 194 g/mol. The van der Waals surface area contributed by atoms with Crippen LogP contribution in [0.5, 0.6) is 0 Å². The molecular formula is C9H15N5O. The molecule has 1 saturated heterocycles. The minimum Gasteiger partial charge on any atom is -0.341 e. The molecule has 2 heterocycles. The van der Waals surface area contributed by atoms with Gasteiger partial charge in [-0.05, 0) is 29.2 Å². The summed E-state index contributed by atoms with van der Waals surface area (Å²) in [5, 5.41) is 10.7. The van der Waals surface area contributed by atoms with Gasteiger partial charge in [-0.15, -0.1) is 5.10 Å². The Balaban J connectivity index is 1.90. The van der Waals surface area contributed by atoms with Crippen LogP contribution in [0, 0.1) is 5.92 Å². The minimum atomic E-state index is 0.105. The number of hydrogen-bond acceptors (Lipinski definition) is 4.